The molecule has 0 atom stereocenters. The van der Waals surface area contributed by atoms with Gasteiger partial charge in [-0.05, 0) is 43.3 Å². The molecule has 0 bridgehead atoms. The van der Waals surface area contributed by atoms with Gasteiger partial charge in [-0.1, -0.05) is 12.1 Å². The molecule has 2 rings (SSSR count). The van der Waals surface area contributed by atoms with Gasteiger partial charge in [0.1, 0.15) is 11.6 Å². The van der Waals surface area contributed by atoms with Crippen LogP contribution in [0.5, 0.6) is 5.75 Å². The number of carbonyl (C=O) groups excluding carboxylic acids is 1. The number of ether oxygens (including phenoxy) is 1. The maximum atomic E-state index is 12.7. The van der Waals surface area contributed by atoms with E-state index in [1.165, 1.54) is 12.1 Å². The number of hydrogen-bond donors (Lipinski definition) is 0. The summed E-state index contributed by atoms with van der Waals surface area (Å²) in [6.45, 7) is 2.10. The van der Waals surface area contributed by atoms with E-state index in [-0.39, 0.29) is 11.6 Å². The SMILES string of the molecule is CC(=O)c1ccc(SCCOc2ccc(F)cc2)cc1. The summed E-state index contributed by atoms with van der Waals surface area (Å²) in [4.78, 5) is 12.2. The lowest BCUT2D eigenvalue weighted by atomic mass is 10.2. The Hall–Kier alpha value is -1.81. The fourth-order valence-electron chi connectivity index (χ4n) is 1.64. The second-order valence-electron chi connectivity index (χ2n) is 4.23. The van der Waals surface area contributed by atoms with Gasteiger partial charge in [-0.3, -0.25) is 4.79 Å². The van der Waals surface area contributed by atoms with Crippen molar-refractivity contribution in [3.8, 4) is 5.75 Å². The minimum Gasteiger partial charge on any atom is -0.493 e. The Morgan fingerprint density at radius 3 is 2.35 bits per heavy atom. The zero-order valence-electron chi connectivity index (χ0n) is 11.1. The number of thioether (sulfide) groups is 1. The molecule has 0 aliphatic rings. The van der Waals surface area contributed by atoms with Crippen LogP contribution in [-0.4, -0.2) is 18.1 Å². The van der Waals surface area contributed by atoms with E-state index in [4.69, 9.17) is 4.74 Å². The third-order valence-electron chi connectivity index (χ3n) is 2.70. The lowest BCUT2D eigenvalue weighted by Gasteiger charge is -2.06. The summed E-state index contributed by atoms with van der Waals surface area (Å²) >= 11 is 1.65. The Kier molecular flexibility index (Phi) is 5.18. The van der Waals surface area contributed by atoms with Gasteiger partial charge in [-0.2, -0.15) is 0 Å². The van der Waals surface area contributed by atoms with Crippen LogP contribution in [0, 0.1) is 5.82 Å². The van der Waals surface area contributed by atoms with E-state index in [2.05, 4.69) is 0 Å². The average molecular weight is 290 g/mol. The molecule has 104 valence electrons. The summed E-state index contributed by atoms with van der Waals surface area (Å²) in [5, 5.41) is 0. The molecule has 0 saturated heterocycles. The van der Waals surface area contributed by atoms with E-state index in [0.717, 1.165) is 16.2 Å². The molecule has 0 heterocycles. The van der Waals surface area contributed by atoms with Crippen LogP contribution in [-0.2, 0) is 0 Å². The standard InChI is InChI=1S/C16H15FO2S/c1-12(18)13-2-8-16(9-3-13)20-11-10-19-15-6-4-14(17)5-7-15/h2-9H,10-11H2,1H3. The van der Waals surface area contributed by atoms with Crippen molar-refractivity contribution in [1.82, 2.24) is 0 Å². The molecular weight excluding hydrogens is 275 g/mol. The van der Waals surface area contributed by atoms with Gasteiger partial charge in [0.2, 0.25) is 0 Å². The lowest BCUT2D eigenvalue weighted by molar-refractivity contribution is 0.101. The number of Topliss-reactive ketones (excluding diaryl/α,β-unsaturated/α-hetero) is 1. The Morgan fingerprint density at radius 2 is 1.75 bits per heavy atom. The first kappa shape index (κ1) is 14.6. The quantitative estimate of drug-likeness (QED) is 0.453. The zero-order chi connectivity index (χ0) is 14.4. The second kappa shape index (κ2) is 7.10. The average Bonchev–Trinajstić information content (AvgIpc) is 2.46. The Labute approximate surface area is 122 Å². The summed E-state index contributed by atoms with van der Waals surface area (Å²) in [6.07, 6.45) is 0. The first-order chi connectivity index (χ1) is 9.65. The van der Waals surface area contributed by atoms with Crippen molar-refractivity contribution in [3.05, 3.63) is 59.9 Å². The van der Waals surface area contributed by atoms with Crippen LogP contribution in [0.4, 0.5) is 4.39 Å². The summed E-state index contributed by atoms with van der Waals surface area (Å²) in [5.41, 5.74) is 0.719. The van der Waals surface area contributed by atoms with E-state index >= 15 is 0 Å². The molecule has 20 heavy (non-hydrogen) atoms. The molecule has 4 heteroatoms. The summed E-state index contributed by atoms with van der Waals surface area (Å²) < 4.78 is 18.2. The molecule has 0 unspecified atom stereocenters. The zero-order valence-corrected chi connectivity index (χ0v) is 12.0. The first-order valence-corrected chi connectivity index (χ1v) is 7.26. The van der Waals surface area contributed by atoms with Crippen LogP contribution in [0.2, 0.25) is 0 Å². The molecular formula is C16H15FO2S. The molecule has 0 saturated carbocycles. The van der Waals surface area contributed by atoms with Crippen LogP contribution in [0.25, 0.3) is 0 Å². The molecule has 0 aliphatic carbocycles. The minimum atomic E-state index is -0.266. The lowest BCUT2D eigenvalue weighted by Crippen LogP contribution is -2.00. The smallest absolute Gasteiger partial charge is 0.159 e. The predicted molar refractivity (Wildman–Crippen MR) is 79.1 cm³/mol. The van der Waals surface area contributed by atoms with Crippen molar-refractivity contribution in [2.75, 3.05) is 12.4 Å². The monoisotopic (exact) mass is 290 g/mol. The molecule has 2 nitrogen and oxygen atoms in total. The second-order valence-corrected chi connectivity index (χ2v) is 5.40. The van der Waals surface area contributed by atoms with Crippen LogP contribution in [0.1, 0.15) is 17.3 Å². The largest absolute Gasteiger partial charge is 0.493 e. The van der Waals surface area contributed by atoms with E-state index in [1.807, 2.05) is 24.3 Å². The van der Waals surface area contributed by atoms with E-state index in [1.54, 1.807) is 30.8 Å². The van der Waals surface area contributed by atoms with Gasteiger partial charge >= 0.3 is 0 Å². The molecule has 0 spiro atoms. The van der Waals surface area contributed by atoms with Crippen molar-refractivity contribution in [2.24, 2.45) is 0 Å². The van der Waals surface area contributed by atoms with Crippen molar-refractivity contribution in [2.45, 2.75) is 11.8 Å². The van der Waals surface area contributed by atoms with Gasteiger partial charge in [0, 0.05) is 16.2 Å². The van der Waals surface area contributed by atoms with Crippen LogP contribution in [0.3, 0.4) is 0 Å². The van der Waals surface area contributed by atoms with Gasteiger partial charge < -0.3 is 4.74 Å². The normalized spacial score (nSPS) is 10.3. The third kappa shape index (κ3) is 4.38. The molecule has 2 aromatic rings. The molecule has 2 aromatic carbocycles. The maximum Gasteiger partial charge on any atom is 0.159 e. The molecule has 0 aromatic heterocycles. The van der Waals surface area contributed by atoms with E-state index in [9.17, 15) is 9.18 Å². The maximum absolute atomic E-state index is 12.7. The van der Waals surface area contributed by atoms with Gasteiger partial charge in [0.25, 0.3) is 0 Å². The van der Waals surface area contributed by atoms with E-state index in [0.29, 0.717) is 12.4 Å². The molecule has 0 aliphatic heterocycles. The fraction of sp³-hybridized carbons (Fsp3) is 0.188. The number of carbonyl (C=O) groups is 1. The summed E-state index contributed by atoms with van der Waals surface area (Å²) in [7, 11) is 0. The first-order valence-electron chi connectivity index (χ1n) is 6.27. The highest BCUT2D eigenvalue weighted by molar-refractivity contribution is 7.99. The van der Waals surface area contributed by atoms with Crippen LogP contribution >= 0.6 is 11.8 Å². The minimum absolute atomic E-state index is 0.0705. The van der Waals surface area contributed by atoms with Gasteiger partial charge in [-0.15, -0.1) is 11.8 Å². The highest BCUT2D eigenvalue weighted by Gasteiger charge is 2.00. The molecule has 0 fully saturated rings. The van der Waals surface area contributed by atoms with Crippen LogP contribution in [0.15, 0.2) is 53.4 Å². The summed E-state index contributed by atoms with van der Waals surface area (Å²) in [5.74, 6) is 1.26. The van der Waals surface area contributed by atoms with Gasteiger partial charge in [-0.25, -0.2) is 4.39 Å². The predicted octanol–water partition coefficient (Wildman–Crippen LogP) is 4.20. The van der Waals surface area contributed by atoms with E-state index < -0.39 is 0 Å². The molecule has 0 amide bonds. The third-order valence-corrected chi connectivity index (χ3v) is 3.67. The number of hydrogen-bond acceptors (Lipinski definition) is 3. The van der Waals surface area contributed by atoms with Gasteiger partial charge in [0.05, 0.1) is 6.61 Å². The highest BCUT2D eigenvalue weighted by atomic mass is 32.2. The Morgan fingerprint density at radius 1 is 1.10 bits per heavy atom. The molecule has 0 radical (unpaired) electrons. The summed E-state index contributed by atoms with van der Waals surface area (Å²) in [6, 6.07) is 13.5. The Balaban J connectivity index is 1.75. The highest BCUT2D eigenvalue weighted by Crippen LogP contribution is 2.19. The van der Waals surface area contributed by atoms with Crippen LogP contribution < -0.4 is 4.74 Å². The molecule has 0 N–H and O–H groups in total. The van der Waals surface area contributed by atoms with Crippen molar-refractivity contribution in [3.63, 3.8) is 0 Å². The number of halogens is 1. The van der Waals surface area contributed by atoms with Crippen molar-refractivity contribution < 1.29 is 13.9 Å². The fourth-order valence-corrected chi connectivity index (χ4v) is 2.37. The van der Waals surface area contributed by atoms with Crippen molar-refractivity contribution in [1.29, 1.82) is 0 Å². The van der Waals surface area contributed by atoms with Gasteiger partial charge in [0.15, 0.2) is 5.78 Å². The topological polar surface area (TPSA) is 26.3 Å². The number of rotatable bonds is 6. The number of ketones is 1. The Bertz CT molecular complexity index is 564. The number of benzene rings is 2. The van der Waals surface area contributed by atoms with Crippen molar-refractivity contribution >= 4 is 17.5 Å².